The molecular weight excluding hydrogens is 488 g/mol. The summed E-state index contributed by atoms with van der Waals surface area (Å²) in [4.78, 5) is 42.1. The zero-order valence-electron chi connectivity index (χ0n) is 17.1. The van der Waals surface area contributed by atoms with Crippen LogP contribution in [0.1, 0.15) is 9.75 Å². The first-order chi connectivity index (χ1) is 16.7. The molecule has 0 bridgehead atoms. The summed E-state index contributed by atoms with van der Waals surface area (Å²) in [6.45, 7) is 0. The largest absolute Gasteiger partial charge is 0.301 e. The van der Waals surface area contributed by atoms with E-state index in [-0.39, 0.29) is 11.4 Å². The third kappa shape index (κ3) is 6.14. The molecule has 0 amide bonds. The summed E-state index contributed by atoms with van der Waals surface area (Å²) < 4.78 is 0. The fourth-order valence-corrected chi connectivity index (χ4v) is 3.35. The van der Waals surface area contributed by atoms with Crippen LogP contribution >= 0.6 is 11.3 Å². The van der Waals surface area contributed by atoms with Crippen molar-refractivity contribution < 1.29 is 19.7 Å². The molecule has 0 aliphatic carbocycles. The second kappa shape index (κ2) is 10.5. The molecule has 16 nitrogen and oxygen atoms in total. The van der Waals surface area contributed by atoms with Crippen LogP contribution in [0.2, 0.25) is 0 Å². The molecule has 0 atom stereocenters. The van der Waals surface area contributed by atoms with Crippen molar-refractivity contribution in [2.75, 3.05) is 10.9 Å². The van der Waals surface area contributed by atoms with Crippen LogP contribution in [0.4, 0.5) is 34.1 Å². The Hall–Kier alpha value is -5.32. The van der Waals surface area contributed by atoms with E-state index >= 15 is 0 Å². The molecular formula is C18H12N8O8S. The van der Waals surface area contributed by atoms with E-state index in [0.29, 0.717) is 9.75 Å². The number of nitrogens with zero attached hydrogens (tertiary/aromatic N) is 6. The molecule has 2 N–H and O–H groups in total. The summed E-state index contributed by atoms with van der Waals surface area (Å²) in [5.74, 6) is 0. The predicted octanol–water partition coefficient (Wildman–Crippen LogP) is 4.27. The van der Waals surface area contributed by atoms with E-state index in [2.05, 4.69) is 21.1 Å². The third-order valence-electron chi connectivity index (χ3n) is 4.18. The molecule has 0 aliphatic rings. The molecule has 2 aromatic carbocycles. The van der Waals surface area contributed by atoms with Gasteiger partial charge >= 0.3 is 11.4 Å². The van der Waals surface area contributed by atoms with Gasteiger partial charge in [0.2, 0.25) is 0 Å². The first kappa shape index (κ1) is 24.3. The van der Waals surface area contributed by atoms with Gasteiger partial charge in [-0.1, -0.05) is 0 Å². The minimum Gasteiger partial charge on any atom is -0.272 e. The second-order valence-electron chi connectivity index (χ2n) is 6.41. The SMILES string of the molecule is O=[N+]([O-])c1ccc(N/N=C/c2ccc(/C=N/Nc3ccc([N+](=O)[O-])cc3[N+](=O)[O-])s2)c([N+](=O)[O-])c1. The molecule has 0 spiro atoms. The number of hydrogen-bond donors (Lipinski definition) is 2. The smallest absolute Gasteiger partial charge is 0.272 e. The number of nitrogens with one attached hydrogen (secondary N) is 2. The second-order valence-corrected chi connectivity index (χ2v) is 7.56. The van der Waals surface area contributed by atoms with E-state index in [4.69, 9.17) is 0 Å². The number of nitro benzene ring substituents is 4. The molecule has 1 heterocycles. The van der Waals surface area contributed by atoms with Gasteiger partial charge in [0.15, 0.2) is 0 Å². The highest BCUT2D eigenvalue weighted by Gasteiger charge is 2.20. The van der Waals surface area contributed by atoms with Crippen molar-refractivity contribution in [1.29, 1.82) is 0 Å². The Kier molecular flexibility index (Phi) is 7.32. The molecule has 3 rings (SSSR count). The highest BCUT2D eigenvalue weighted by atomic mass is 32.1. The summed E-state index contributed by atoms with van der Waals surface area (Å²) in [7, 11) is 0. The van der Waals surface area contributed by atoms with Crippen molar-refractivity contribution in [1.82, 2.24) is 0 Å². The monoisotopic (exact) mass is 500 g/mol. The third-order valence-corrected chi connectivity index (χ3v) is 5.13. The van der Waals surface area contributed by atoms with Crippen LogP contribution in [0.5, 0.6) is 0 Å². The summed E-state index contributed by atoms with van der Waals surface area (Å²) in [6.07, 6.45) is 2.73. The van der Waals surface area contributed by atoms with Crippen LogP contribution in [0.3, 0.4) is 0 Å². The minimum absolute atomic E-state index is 0.0379. The van der Waals surface area contributed by atoms with Crippen molar-refractivity contribution in [3.63, 3.8) is 0 Å². The highest BCUT2D eigenvalue weighted by Crippen LogP contribution is 2.30. The van der Waals surface area contributed by atoms with Gasteiger partial charge in [-0.05, 0) is 24.3 Å². The molecule has 0 unspecified atom stereocenters. The predicted molar refractivity (Wildman–Crippen MR) is 126 cm³/mol. The molecule has 0 saturated carbocycles. The van der Waals surface area contributed by atoms with Gasteiger partial charge in [-0.2, -0.15) is 10.2 Å². The maximum absolute atomic E-state index is 11.1. The maximum atomic E-state index is 11.1. The number of nitro groups is 4. The molecule has 0 fully saturated rings. The van der Waals surface area contributed by atoms with Crippen LogP contribution in [0.15, 0.2) is 58.7 Å². The molecule has 0 aliphatic heterocycles. The molecule has 178 valence electrons. The van der Waals surface area contributed by atoms with Gasteiger partial charge in [0.25, 0.3) is 11.4 Å². The molecule has 1 aromatic heterocycles. The topological polar surface area (TPSA) is 221 Å². The highest BCUT2D eigenvalue weighted by molar-refractivity contribution is 7.15. The van der Waals surface area contributed by atoms with Crippen LogP contribution in [0.25, 0.3) is 0 Å². The van der Waals surface area contributed by atoms with E-state index in [9.17, 15) is 40.5 Å². The van der Waals surface area contributed by atoms with Crippen molar-refractivity contribution in [3.05, 3.63) is 98.7 Å². The van der Waals surface area contributed by atoms with Gasteiger partial charge in [-0.15, -0.1) is 11.3 Å². The van der Waals surface area contributed by atoms with Gasteiger partial charge < -0.3 is 0 Å². The number of non-ortho nitro benzene ring substituents is 2. The van der Waals surface area contributed by atoms with Crippen molar-refractivity contribution >= 4 is 57.9 Å². The molecule has 35 heavy (non-hydrogen) atoms. The number of rotatable bonds is 10. The first-order valence-electron chi connectivity index (χ1n) is 9.19. The Morgan fingerprint density at radius 2 is 1.03 bits per heavy atom. The number of anilines is 2. The summed E-state index contributed by atoms with van der Waals surface area (Å²) >= 11 is 1.21. The Bertz CT molecular complexity index is 1280. The van der Waals surface area contributed by atoms with Gasteiger partial charge in [-0.3, -0.25) is 51.3 Å². The van der Waals surface area contributed by atoms with E-state index in [0.717, 1.165) is 24.3 Å². The zero-order valence-corrected chi connectivity index (χ0v) is 17.9. The van der Waals surface area contributed by atoms with Gasteiger partial charge in [0, 0.05) is 21.9 Å². The van der Waals surface area contributed by atoms with E-state index < -0.39 is 42.4 Å². The molecule has 0 saturated heterocycles. The normalized spacial score (nSPS) is 11.0. The summed E-state index contributed by atoms with van der Waals surface area (Å²) in [6, 6.07) is 9.51. The standard InChI is InChI=1S/C18H12N8O8S/c27-23(28)11-1-5-15(17(7-11)25(31)32)21-19-9-13-3-4-14(35-13)10-20-22-16-6-2-12(24(29)30)8-18(16)26(33)34/h1-10,21-22H/b19-9+,20-10+. The fraction of sp³-hybridized carbons (Fsp3) is 0. The molecule has 17 heteroatoms. The lowest BCUT2D eigenvalue weighted by Crippen LogP contribution is -1.98. The van der Waals surface area contributed by atoms with E-state index in [1.165, 1.54) is 35.9 Å². The number of benzene rings is 2. The average Bonchev–Trinajstić information content (AvgIpc) is 3.26. The van der Waals surface area contributed by atoms with Crippen LogP contribution in [0, 0.1) is 40.5 Å². The minimum atomic E-state index is -0.771. The molecule has 0 radical (unpaired) electrons. The van der Waals surface area contributed by atoms with Gasteiger partial charge in [0.05, 0.1) is 44.3 Å². The van der Waals surface area contributed by atoms with Gasteiger partial charge in [0.1, 0.15) is 11.4 Å². The van der Waals surface area contributed by atoms with Crippen LogP contribution in [-0.2, 0) is 0 Å². The molecule has 3 aromatic rings. The quantitative estimate of drug-likeness (QED) is 0.228. The Balaban J connectivity index is 1.67. The van der Waals surface area contributed by atoms with Crippen LogP contribution in [-0.4, -0.2) is 32.1 Å². The van der Waals surface area contributed by atoms with Crippen molar-refractivity contribution in [3.8, 4) is 0 Å². The van der Waals surface area contributed by atoms with Crippen LogP contribution < -0.4 is 10.9 Å². The average molecular weight is 500 g/mol. The number of hydrazone groups is 2. The maximum Gasteiger partial charge on any atom is 0.301 e. The Morgan fingerprint density at radius 3 is 1.37 bits per heavy atom. The van der Waals surface area contributed by atoms with Gasteiger partial charge in [-0.25, -0.2) is 0 Å². The van der Waals surface area contributed by atoms with Crippen molar-refractivity contribution in [2.45, 2.75) is 0 Å². The van der Waals surface area contributed by atoms with E-state index in [1.807, 2.05) is 0 Å². The Morgan fingerprint density at radius 1 is 0.629 bits per heavy atom. The number of thiophene rings is 1. The lowest BCUT2D eigenvalue weighted by Gasteiger charge is -2.01. The zero-order chi connectivity index (χ0) is 25.5. The summed E-state index contributed by atoms with van der Waals surface area (Å²) in [5.41, 5.74) is 2.97. The lowest BCUT2D eigenvalue weighted by atomic mass is 10.2. The fourth-order valence-electron chi connectivity index (χ4n) is 2.60. The first-order valence-corrected chi connectivity index (χ1v) is 10.0. The van der Waals surface area contributed by atoms with Crippen molar-refractivity contribution in [2.24, 2.45) is 10.2 Å². The number of hydrogen-bond acceptors (Lipinski definition) is 13. The lowest BCUT2D eigenvalue weighted by molar-refractivity contribution is -0.393. The Labute approximate surface area is 197 Å². The summed E-state index contributed by atoms with van der Waals surface area (Å²) in [5, 5.41) is 51.7. The van der Waals surface area contributed by atoms with E-state index in [1.54, 1.807) is 12.1 Å².